The van der Waals surface area contributed by atoms with Crippen molar-refractivity contribution >= 4 is 6.09 Å². The molecule has 0 spiro atoms. The van der Waals surface area contributed by atoms with Crippen LogP contribution in [0.3, 0.4) is 0 Å². The number of aromatic nitrogens is 1. The molecule has 1 aliphatic rings. The molecule has 0 aromatic carbocycles. The first kappa shape index (κ1) is 10.0. The van der Waals surface area contributed by atoms with E-state index in [0.29, 0.717) is 26.2 Å². The molecular weight excluding hydrogens is 194 g/mol. The summed E-state index contributed by atoms with van der Waals surface area (Å²) in [6, 6.07) is 3.98. The van der Waals surface area contributed by atoms with Crippen LogP contribution in [-0.2, 0) is 24.9 Å². The number of rotatable bonds is 3. The fourth-order valence-corrected chi connectivity index (χ4v) is 1.73. The van der Waals surface area contributed by atoms with Gasteiger partial charge in [-0.25, -0.2) is 4.79 Å². The maximum Gasteiger partial charge on any atom is 0.410 e. The second-order valence-corrected chi connectivity index (χ2v) is 3.62. The number of carbonyl (C=O) groups excluding carboxylic acids is 1. The van der Waals surface area contributed by atoms with E-state index >= 15 is 0 Å². The van der Waals surface area contributed by atoms with Gasteiger partial charge in [-0.3, -0.25) is 4.90 Å². The van der Waals surface area contributed by atoms with Crippen LogP contribution in [0.25, 0.3) is 0 Å². The van der Waals surface area contributed by atoms with Gasteiger partial charge in [0.1, 0.15) is 6.61 Å². The van der Waals surface area contributed by atoms with Gasteiger partial charge in [-0.1, -0.05) is 0 Å². The first-order valence-electron chi connectivity index (χ1n) is 4.97. The Hall–Kier alpha value is -1.49. The van der Waals surface area contributed by atoms with Crippen molar-refractivity contribution in [3.63, 3.8) is 0 Å². The molecule has 1 saturated heterocycles. The Balaban J connectivity index is 2.10. The molecule has 5 heteroatoms. The minimum Gasteiger partial charge on any atom is -0.448 e. The quantitative estimate of drug-likeness (QED) is 0.785. The molecule has 0 saturated carbocycles. The summed E-state index contributed by atoms with van der Waals surface area (Å²) >= 11 is 0. The van der Waals surface area contributed by atoms with E-state index in [-0.39, 0.29) is 6.09 Å². The zero-order valence-corrected chi connectivity index (χ0v) is 8.77. The van der Waals surface area contributed by atoms with E-state index in [1.165, 1.54) is 0 Å². The molecule has 82 valence electrons. The Kier molecular flexibility index (Phi) is 2.64. The maximum absolute atomic E-state index is 11.2. The first-order valence-corrected chi connectivity index (χ1v) is 4.97. The third-order valence-electron chi connectivity index (χ3n) is 2.74. The highest BCUT2D eigenvalue weighted by Gasteiger charge is 2.22. The lowest BCUT2D eigenvalue weighted by molar-refractivity contribution is 0.156. The monoisotopic (exact) mass is 209 g/mol. The average Bonchev–Trinajstić information content (AvgIpc) is 2.77. The number of ether oxygens (including phenoxy) is 1. The predicted molar refractivity (Wildman–Crippen MR) is 55.1 cm³/mol. The lowest BCUT2D eigenvalue weighted by Crippen LogP contribution is -2.24. The van der Waals surface area contributed by atoms with Gasteiger partial charge in [-0.05, 0) is 12.1 Å². The van der Waals surface area contributed by atoms with E-state index < -0.39 is 0 Å². The lowest BCUT2D eigenvalue weighted by Gasteiger charge is -2.13. The van der Waals surface area contributed by atoms with Gasteiger partial charge in [0.2, 0.25) is 0 Å². The van der Waals surface area contributed by atoms with Crippen LogP contribution in [0.2, 0.25) is 0 Å². The highest BCUT2D eigenvalue weighted by atomic mass is 16.6. The number of cyclic esters (lactones) is 1. The summed E-state index contributed by atoms with van der Waals surface area (Å²) in [5, 5.41) is 0. The zero-order chi connectivity index (χ0) is 10.8. The van der Waals surface area contributed by atoms with E-state index in [1.807, 2.05) is 23.7 Å². The minimum atomic E-state index is -0.231. The van der Waals surface area contributed by atoms with Crippen molar-refractivity contribution in [3.05, 3.63) is 23.5 Å². The number of nitrogens with zero attached hydrogens (tertiary/aromatic N) is 2. The van der Waals surface area contributed by atoms with Crippen LogP contribution in [0, 0.1) is 0 Å². The molecule has 2 rings (SSSR count). The molecule has 0 radical (unpaired) electrons. The third-order valence-corrected chi connectivity index (χ3v) is 2.74. The summed E-state index contributed by atoms with van der Waals surface area (Å²) in [6.07, 6.45) is -0.231. The van der Waals surface area contributed by atoms with Gasteiger partial charge in [0.15, 0.2) is 0 Å². The summed E-state index contributed by atoms with van der Waals surface area (Å²) in [5.41, 5.74) is 7.72. The van der Waals surface area contributed by atoms with Crippen LogP contribution in [0.15, 0.2) is 12.1 Å². The first-order chi connectivity index (χ1) is 7.22. The van der Waals surface area contributed by atoms with Gasteiger partial charge in [0.25, 0.3) is 0 Å². The second kappa shape index (κ2) is 3.94. The van der Waals surface area contributed by atoms with E-state index in [4.69, 9.17) is 10.5 Å². The molecule has 1 fully saturated rings. The SMILES string of the molecule is Cn1c(CN)ccc1CN1CCOC1=O. The Labute approximate surface area is 88.4 Å². The normalized spacial score (nSPS) is 15.9. The standard InChI is InChI=1S/C10H15N3O2/c1-12-8(6-11)2-3-9(12)7-13-4-5-15-10(13)14/h2-3H,4-7,11H2,1H3. The van der Waals surface area contributed by atoms with E-state index in [2.05, 4.69) is 0 Å². The molecule has 1 aromatic heterocycles. The largest absolute Gasteiger partial charge is 0.448 e. The lowest BCUT2D eigenvalue weighted by atomic mass is 10.4. The van der Waals surface area contributed by atoms with Crippen molar-refractivity contribution in [1.82, 2.24) is 9.47 Å². The molecule has 0 atom stereocenters. The smallest absolute Gasteiger partial charge is 0.410 e. The summed E-state index contributed by atoms with van der Waals surface area (Å²) in [7, 11) is 1.96. The number of hydrogen-bond acceptors (Lipinski definition) is 3. The Bertz CT molecular complexity index is 373. The molecule has 5 nitrogen and oxygen atoms in total. The molecule has 15 heavy (non-hydrogen) atoms. The number of nitrogens with two attached hydrogens (primary N) is 1. The topological polar surface area (TPSA) is 60.5 Å². The zero-order valence-electron chi connectivity index (χ0n) is 8.77. The van der Waals surface area contributed by atoms with Crippen LogP contribution in [0.1, 0.15) is 11.4 Å². The molecule has 1 aromatic rings. The summed E-state index contributed by atoms with van der Waals surface area (Å²) in [6.45, 7) is 2.27. The Morgan fingerprint density at radius 2 is 2.20 bits per heavy atom. The maximum atomic E-state index is 11.2. The molecule has 2 N–H and O–H groups in total. The van der Waals surface area contributed by atoms with Crippen LogP contribution in [0.4, 0.5) is 4.79 Å². The number of hydrogen-bond donors (Lipinski definition) is 1. The van der Waals surface area contributed by atoms with Crippen molar-refractivity contribution in [3.8, 4) is 0 Å². The minimum absolute atomic E-state index is 0.231. The highest BCUT2D eigenvalue weighted by Crippen LogP contribution is 2.12. The van der Waals surface area contributed by atoms with Crippen LogP contribution in [-0.4, -0.2) is 28.7 Å². The van der Waals surface area contributed by atoms with Gasteiger partial charge >= 0.3 is 6.09 Å². The molecule has 1 amide bonds. The third kappa shape index (κ3) is 1.83. The summed E-state index contributed by atoms with van der Waals surface area (Å²) in [5.74, 6) is 0. The van der Waals surface area contributed by atoms with Crippen molar-refractivity contribution in [2.45, 2.75) is 13.1 Å². The average molecular weight is 209 g/mol. The number of amides is 1. The second-order valence-electron chi connectivity index (χ2n) is 3.62. The van der Waals surface area contributed by atoms with Crippen LogP contribution in [0.5, 0.6) is 0 Å². The Morgan fingerprint density at radius 3 is 2.73 bits per heavy atom. The van der Waals surface area contributed by atoms with Gasteiger partial charge in [-0.15, -0.1) is 0 Å². The van der Waals surface area contributed by atoms with Gasteiger partial charge < -0.3 is 15.0 Å². The van der Waals surface area contributed by atoms with E-state index in [9.17, 15) is 4.79 Å². The van der Waals surface area contributed by atoms with E-state index in [0.717, 1.165) is 11.4 Å². The Morgan fingerprint density at radius 1 is 1.47 bits per heavy atom. The van der Waals surface area contributed by atoms with Crippen LogP contribution < -0.4 is 5.73 Å². The molecule has 0 bridgehead atoms. The van der Waals surface area contributed by atoms with Crippen molar-refractivity contribution in [2.24, 2.45) is 12.8 Å². The number of carbonyl (C=O) groups is 1. The highest BCUT2D eigenvalue weighted by molar-refractivity contribution is 5.69. The van der Waals surface area contributed by atoms with Crippen LogP contribution >= 0.6 is 0 Å². The van der Waals surface area contributed by atoms with E-state index in [1.54, 1.807) is 4.90 Å². The van der Waals surface area contributed by atoms with Gasteiger partial charge in [0, 0.05) is 25.0 Å². The molecule has 2 heterocycles. The van der Waals surface area contributed by atoms with Gasteiger partial charge in [-0.2, -0.15) is 0 Å². The predicted octanol–water partition coefficient (Wildman–Crippen LogP) is 0.436. The molecule has 0 unspecified atom stereocenters. The van der Waals surface area contributed by atoms with Crippen molar-refractivity contribution in [2.75, 3.05) is 13.2 Å². The van der Waals surface area contributed by atoms with Gasteiger partial charge in [0.05, 0.1) is 13.1 Å². The van der Waals surface area contributed by atoms with Crippen molar-refractivity contribution in [1.29, 1.82) is 0 Å². The van der Waals surface area contributed by atoms with Crippen molar-refractivity contribution < 1.29 is 9.53 Å². The fraction of sp³-hybridized carbons (Fsp3) is 0.500. The molecule has 1 aliphatic heterocycles. The molecular formula is C10H15N3O2. The summed E-state index contributed by atoms with van der Waals surface area (Å²) in [4.78, 5) is 12.9. The fourth-order valence-electron chi connectivity index (χ4n) is 1.73. The molecule has 0 aliphatic carbocycles. The summed E-state index contributed by atoms with van der Waals surface area (Å²) < 4.78 is 6.88.